The van der Waals surface area contributed by atoms with E-state index >= 15 is 0 Å². The monoisotopic (exact) mass is 263 g/mol. The molecule has 2 N–H and O–H groups in total. The van der Waals surface area contributed by atoms with Crippen molar-refractivity contribution in [3.05, 3.63) is 35.5 Å². The molecule has 0 saturated heterocycles. The van der Waals surface area contributed by atoms with Gasteiger partial charge < -0.3 is 14.9 Å². The van der Waals surface area contributed by atoms with E-state index in [1.54, 1.807) is 16.8 Å². The van der Waals surface area contributed by atoms with E-state index < -0.39 is 0 Å². The minimum absolute atomic E-state index is 0.247. The number of aromatic nitrogens is 2. The smallest absolute Gasteiger partial charge is 0.249 e. The van der Waals surface area contributed by atoms with E-state index in [0.717, 1.165) is 6.42 Å². The number of hydrogen-bond donors (Lipinski definition) is 1. The highest BCUT2D eigenvalue weighted by molar-refractivity contribution is 6.07. The highest BCUT2D eigenvalue weighted by Crippen LogP contribution is 2.22. The van der Waals surface area contributed by atoms with Crippen molar-refractivity contribution in [2.24, 2.45) is 5.73 Å². The van der Waals surface area contributed by atoms with Gasteiger partial charge >= 0.3 is 0 Å². The van der Waals surface area contributed by atoms with Crippen LogP contribution in [0, 0.1) is 0 Å². The summed E-state index contributed by atoms with van der Waals surface area (Å²) in [6.07, 6.45) is 2.41. The van der Waals surface area contributed by atoms with Crippen LogP contribution >= 0.6 is 0 Å². The first-order valence-electron chi connectivity index (χ1n) is 6.14. The topological polar surface area (TPSA) is 83.3 Å². The van der Waals surface area contributed by atoms with Crippen LogP contribution < -0.4 is 10.5 Å². The summed E-state index contributed by atoms with van der Waals surface area (Å²) in [5.41, 5.74) is 5.87. The van der Waals surface area contributed by atoms with Gasteiger partial charge in [0.05, 0.1) is 19.9 Å². The van der Waals surface area contributed by atoms with Gasteiger partial charge in [0.2, 0.25) is 5.78 Å². The summed E-state index contributed by atoms with van der Waals surface area (Å²) in [6, 6.07) is 3.31. The van der Waals surface area contributed by atoms with Gasteiger partial charge in [0, 0.05) is 6.54 Å². The number of methoxy groups -OCH3 is 1. The number of ketones is 1. The number of carbonyl (C=O) groups excluding carboxylic acids is 1. The van der Waals surface area contributed by atoms with Crippen LogP contribution in [0.2, 0.25) is 0 Å². The third kappa shape index (κ3) is 2.53. The first kappa shape index (κ1) is 13.4. The molecule has 0 atom stereocenters. The third-order valence-electron chi connectivity index (χ3n) is 2.76. The zero-order chi connectivity index (χ0) is 13.8. The minimum Gasteiger partial charge on any atom is -0.493 e. The molecular formula is C13H17N3O3. The second-order valence-electron chi connectivity index (χ2n) is 4.08. The van der Waals surface area contributed by atoms with E-state index in [-0.39, 0.29) is 18.1 Å². The van der Waals surface area contributed by atoms with Crippen LogP contribution in [0.3, 0.4) is 0 Å². The molecule has 102 valence electrons. The average Bonchev–Trinajstić information content (AvgIpc) is 3.04. The molecule has 19 heavy (non-hydrogen) atoms. The van der Waals surface area contributed by atoms with Crippen molar-refractivity contribution < 1.29 is 13.9 Å². The number of ether oxygens (including phenoxy) is 1. The molecule has 0 aliphatic rings. The summed E-state index contributed by atoms with van der Waals surface area (Å²) < 4.78 is 12.2. The zero-order valence-corrected chi connectivity index (χ0v) is 11.0. The van der Waals surface area contributed by atoms with E-state index in [1.807, 2.05) is 6.92 Å². The zero-order valence-electron chi connectivity index (χ0n) is 11.0. The summed E-state index contributed by atoms with van der Waals surface area (Å²) in [4.78, 5) is 12.4. The predicted octanol–water partition coefficient (Wildman–Crippen LogP) is 1.58. The van der Waals surface area contributed by atoms with Gasteiger partial charge in [0.25, 0.3) is 0 Å². The number of hydrogen-bond acceptors (Lipinski definition) is 5. The molecule has 2 rings (SSSR count). The Bertz CT molecular complexity index is 571. The molecule has 0 amide bonds. The van der Waals surface area contributed by atoms with Crippen molar-refractivity contribution in [3.63, 3.8) is 0 Å². The highest BCUT2D eigenvalue weighted by Gasteiger charge is 2.23. The van der Waals surface area contributed by atoms with Crippen LogP contribution in [0.15, 0.2) is 22.7 Å². The first-order chi connectivity index (χ1) is 9.21. The Kier molecular flexibility index (Phi) is 4.01. The summed E-state index contributed by atoms with van der Waals surface area (Å²) in [7, 11) is 1.51. The maximum Gasteiger partial charge on any atom is 0.249 e. The van der Waals surface area contributed by atoms with Gasteiger partial charge in [-0.15, -0.1) is 0 Å². The maximum atomic E-state index is 12.4. The number of aryl methyl sites for hydroxylation is 1. The molecule has 0 aliphatic carbocycles. The molecule has 0 fully saturated rings. The van der Waals surface area contributed by atoms with Gasteiger partial charge in [-0.2, -0.15) is 5.10 Å². The predicted molar refractivity (Wildman–Crippen MR) is 69.1 cm³/mol. The maximum absolute atomic E-state index is 12.4. The minimum atomic E-state index is -0.248. The fourth-order valence-electron chi connectivity index (χ4n) is 1.85. The standard InChI is InChI=1S/C13H17N3O3/c1-3-6-16-12(11(18-2)8-15-16)13(17)10-5-4-9(7-14)19-10/h4-5,8H,3,6-7,14H2,1-2H3. The van der Waals surface area contributed by atoms with Crippen molar-refractivity contribution in [2.45, 2.75) is 26.4 Å². The molecule has 0 aliphatic heterocycles. The Morgan fingerprint density at radius 1 is 1.53 bits per heavy atom. The Hall–Kier alpha value is -2.08. The van der Waals surface area contributed by atoms with Gasteiger partial charge in [-0.3, -0.25) is 9.48 Å². The fourth-order valence-corrected chi connectivity index (χ4v) is 1.85. The van der Waals surface area contributed by atoms with Gasteiger partial charge in [-0.25, -0.2) is 0 Å². The van der Waals surface area contributed by atoms with Crippen molar-refractivity contribution in [1.82, 2.24) is 9.78 Å². The van der Waals surface area contributed by atoms with Crippen LogP contribution in [0.4, 0.5) is 0 Å². The van der Waals surface area contributed by atoms with Crippen LogP contribution in [-0.4, -0.2) is 22.7 Å². The molecule has 2 aromatic heterocycles. The molecule has 0 spiro atoms. The van der Waals surface area contributed by atoms with Crippen LogP contribution in [0.1, 0.15) is 35.4 Å². The van der Waals surface area contributed by atoms with E-state index in [9.17, 15) is 4.79 Å². The first-order valence-corrected chi connectivity index (χ1v) is 6.14. The van der Waals surface area contributed by atoms with E-state index in [0.29, 0.717) is 23.7 Å². The summed E-state index contributed by atoms with van der Waals surface area (Å²) in [5.74, 6) is 1.02. The lowest BCUT2D eigenvalue weighted by atomic mass is 10.2. The van der Waals surface area contributed by atoms with Crippen molar-refractivity contribution in [3.8, 4) is 5.75 Å². The number of carbonyl (C=O) groups is 1. The second-order valence-corrected chi connectivity index (χ2v) is 4.08. The van der Waals surface area contributed by atoms with Crippen molar-refractivity contribution >= 4 is 5.78 Å². The molecular weight excluding hydrogens is 246 g/mol. The second kappa shape index (κ2) is 5.71. The van der Waals surface area contributed by atoms with E-state index in [1.165, 1.54) is 13.3 Å². The largest absolute Gasteiger partial charge is 0.493 e. The van der Waals surface area contributed by atoms with Crippen LogP contribution in [0.5, 0.6) is 5.75 Å². The normalized spacial score (nSPS) is 10.7. The number of nitrogens with zero attached hydrogens (tertiary/aromatic N) is 2. The molecule has 6 nitrogen and oxygen atoms in total. The Balaban J connectivity index is 2.38. The molecule has 2 aromatic rings. The van der Waals surface area contributed by atoms with Crippen molar-refractivity contribution in [1.29, 1.82) is 0 Å². The van der Waals surface area contributed by atoms with E-state index in [2.05, 4.69) is 5.10 Å². The summed E-state index contributed by atoms with van der Waals surface area (Å²) in [5, 5.41) is 4.15. The molecule has 0 unspecified atom stereocenters. The number of rotatable bonds is 6. The molecule has 0 aromatic carbocycles. The van der Waals surface area contributed by atoms with Gasteiger partial charge in [-0.1, -0.05) is 6.92 Å². The number of nitrogens with two attached hydrogens (primary N) is 1. The van der Waals surface area contributed by atoms with Gasteiger partial charge in [-0.05, 0) is 18.6 Å². The lowest BCUT2D eigenvalue weighted by Crippen LogP contribution is -2.12. The van der Waals surface area contributed by atoms with E-state index in [4.69, 9.17) is 14.9 Å². The summed E-state index contributed by atoms with van der Waals surface area (Å²) in [6.45, 7) is 2.93. The van der Waals surface area contributed by atoms with Crippen LogP contribution in [0.25, 0.3) is 0 Å². The van der Waals surface area contributed by atoms with Crippen molar-refractivity contribution in [2.75, 3.05) is 7.11 Å². The lowest BCUT2D eigenvalue weighted by Gasteiger charge is -2.05. The Morgan fingerprint density at radius 2 is 2.32 bits per heavy atom. The SMILES string of the molecule is CCCn1ncc(OC)c1C(=O)c1ccc(CN)o1. The molecule has 2 heterocycles. The molecule has 0 saturated carbocycles. The molecule has 6 heteroatoms. The van der Waals surface area contributed by atoms with Gasteiger partial charge in [0.1, 0.15) is 5.76 Å². The quantitative estimate of drug-likeness (QED) is 0.800. The Labute approximate surface area is 111 Å². The highest BCUT2D eigenvalue weighted by atomic mass is 16.5. The van der Waals surface area contributed by atoms with Gasteiger partial charge in [0.15, 0.2) is 17.2 Å². The Morgan fingerprint density at radius 3 is 2.89 bits per heavy atom. The third-order valence-corrected chi connectivity index (χ3v) is 2.76. The fraction of sp³-hybridized carbons (Fsp3) is 0.385. The molecule has 0 bridgehead atoms. The lowest BCUT2D eigenvalue weighted by molar-refractivity contribution is 0.0994. The number of furan rings is 1. The molecule has 0 radical (unpaired) electrons. The summed E-state index contributed by atoms with van der Waals surface area (Å²) >= 11 is 0. The van der Waals surface area contributed by atoms with Crippen LogP contribution in [-0.2, 0) is 13.1 Å². The average molecular weight is 263 g/mol.